The number of phenols is 5. The van der Waals surface area contributed by atoms with E-state index in [4.69, 9.17) is 11.6 Å². The van der Waals surface area contributed by atoms with Gasteiger partial charge >= 0.3 is 12.4 Å². The molecule has 0 aliphatic heterocycles. The molecule has 0 unspecified atom stereocenters. The lowest BCUT2D eigenvalue weighted by molar-refractivity contribution is -0.139. The van der Waals surface area contributed by atoms with Gasteiger partial charge in [-0.25, -0.2) is 19.9 Å². The maximum Gasteiger partial charge on any atom is 0.419 e. The summed E-state index contributed by atoms with van der Waals surface area (Å²) < 4.78 is 77.0. The molecule has 0 radical (unpaired) electrons. The van der Waals surface area contributed by atoms with Crippen LogP contribution in [-0.2, 0) is 25.2 Å². The maximum atomic E-state index is 12.7. The molecule has 5 heterocycles. The molecule has 10 aromatic rings. The first-order valence-corrected chi connectivity index (χ1v) is 27.4. The lowest BCUT2D eigenvalue weighted by Gasteiger charge is -2.11. The summed E-state index contributed by atoms with van der Waals surface area (Å²) in [5, 5.41) is 47.5. The van der Waals surface area contributed by atoms with E-state index >= 15 is 0 Å². The molecule has 5 aromatic heterocycles. The normalized spacial score (nSPS) is 10.9. The number of alkyl halides is 6. The predicted molar refractivity (Wildman–Crippen MR) is 322 cm³/mol. The number of nitrogens with zero attached hydrogens (tertiary/aromatic N) is 7. The molecule has 0 spiro atoms. The SMILES string of the molecule is CCc1cccc(-c2ccc(O)c(C(F)(F)F)c2)n1.CCc1ccnc(-c2ccc(O)c(C)c2)n1.Cc1ccc(Br)c(-c2ccc(O)c(C)c2)n1.Cc1ccc(Cl)c(-c2ccc(O)c(C)c2)n1.Cc1ccnc(-c2ccc(O)c(C(F)(F)F)c2)n1. The number of aromatic nitrogens is 7. The van der Waals surface area contributed by atoms with E-state index in [2.05, 4.69) is 57.7 Å². The van der Waals surface area contributed by atoms with E-state index in [0.29, 0.717) is 45.7 Å². The zero-order valence-electron chi connectivity index (χ0n) is 47.3. The molecule has 0 atom stereocenters. The van der Waals surface area contributed by atoms with Gasteiger partial charge in [0.05, 0.1) is 33.2 Å². The first kappa shape index (κ1) is 65.2. The third kappa shape index (κ3) is 18.3. The maximum absolute atomic E-state index is 12.7. The van der Waals surface area contributed by atoms with Crippen LogP contribution in [0.2, 0.25) is 5.02 Å². The molecule has 85 heavy (non-hydrogen) atoms. The van der Waals surface area contributed by atoms with E-state index < -0.39 is 35.0 Å². The lowest BCUT2D eigenvalue weighted by Crippen LogP contribution is -2.05. The van der Waals surface area contributed by atoms with Crippen molar-refractivity contribution in [3.63, 3.8) is 0 Å². The van der Waals surface area contributed by atoms with Crippen LogP contribution < -0.4 is 0 Å². The van der Waals surface area contributed by atoms with Crippen molar-refractivity contribution in [3.8, 4) is 85.3 Å². The molecule has 0 saturated carbocycles. The van der Waals surface area contributed by atoms with Gasteiger partial charge < -0.3 is 25.5 Å². The van der Waals surface area contributed by atoms with Crippen LogP contribution in [0.5, 0.6) is 28.7 Å². The molecule has 0 bridgehead atoms. The Morgan fingerprint density at radius 2 is 0.824 bits per heavy atom. The van der Waals surface area contributed by atoms with Crippen LogP contribution in [0.3, 0.4) is 0 Å². The number of hydrogen-bond acceptors (Lipinski definition) is 12. The van der Waals surface area contributed by atoms with Crippen LogP contribution >= 0.6 is 27.5 Å². The van der Waals surface area contributed by atoms with Gasteiger partial charge in [0, 0.05) is 73.2 Å². The van der Waals surface area contributed by atoms with Gasteiger partial charge in [-0.3, -0.25) is 15.0 Å². The van der Waals surface area contributed by atoms with Gasteiger partial charge in [-0.05, 0) is 227 Å². The zero-order valence-corrected chi connectivity index (χ0v) is 49.7. The van der Waals surface area contributed by atoms with Crippen LogP contribution in [-0.4, -0.2) is 60.4 Å². The highest BCUT2D eigenvalue weighted by Crippen LogP contribution is 2.39. The van der Waals surface area contributed by atoms with Crippen LogP contribution in [0, 0.1) is 41.5 Å². The summed E-state index contributed by atoms with van der Waals surface area (Å²) >= 11 is 9.58. The number of rotatable bonds is 7. The summed E-state index contributed by atoms with van der Waals surface area (Å²) in [5.41, 5.74) is 10.3. The number of hydrogen-bond donors (Lipinski definition) is 5. The van der Waals surface area contributed by atoms with E-state index in [1.54, 1.807) is 49.5 Å². The highest BCUT2D eigenvalue weighted by molar-refractivity contribution is 9.10. The number of pyridine rings is 3. The third-order valence-electron chi connectivity index (χ3n) is 12.6. The van der Waals surface area contributed by atoms with E-state index in [1.807, 2.05) is 114 Å². The summed E-state index contributed by atoms with van der Waals surface area (Å²) in [7, 11) is 0. The van der Waals surface area contributed by atoms with Crippen molar-refractivity contribution in [2.24, 2.45) is 0 Å². The van der Waals surface area contributed by atoms with Gasteiger partial charge in [-0.1, -0.05) is 31.5 Å². The van der Waals surface area contributed by atoms with Crippen LogP contribution in [0.4, 0.5) is 26.3 Å². The Morgan fingerprint density at radius 3 is 1.34 bits per heavy atom. The molecule has 0 saturated heterocycles. The van der Waals surface area contributed by atoms with Crippen molar-refractivity contribution >= 4 is 27.5 Å². The van der Waals surface area contributed by atoms with Gasteiger partial charge in [-0.15, -0.1) is 0 Å². The number of aromatic hydroxyl groups is 5. The second-order valence-corrected chi connectivity index (χ2v) is 20.4. The number of benzene rings is 5. The van der Waals surface area contributed by atoms with E-state index in [9.17, 15) is 51.9 Å². The van der Waals surface area contributed by atoms with Gasteiger partial charge in [0.15, 0.2) is 11.6 Å². The lowest BCUT2D eigenvalue weighted by atomic mass is 10.1. The molecule has 0 amide bonds. The fourth-order valence-corrected chi connectivity index (χ4v) is 8.53. The van der Waals surface area contributed by atoms with Gasteiger partial charge in [0.25, 0.3) is 0 Å². The second-order valence-electron chi connectivity index (χ2n) is 19.1. The summed E-state index contributed by atoms with van der Waals surface area (Å²) in [6.07, 6.45) is -4.35. The Morgan fingerprint density at radius 1 is 0.412 bits per heavy atom. The van der Waals surface area contributed by atoms with Crippen molar-refractivity contribution in [2.45, 2.75) is 80.6 Å². The van der Waals surface area contributed by atoms with E-state index in [0.717, 1.165) is 103 Å². The van der Waals surface area contributed by atoms with Gasteiger partial charge in [-0.2, -0.15) is 26.3 Å². The smallest absolute Gasteiger partial charge is 0.419 e. The molecular formula is C65H59BrClF6N7O5. The fraction of sp³-hybridized carbons (Fsp3) is 0.185. The summed E-state index contributed by atoms with van der Waals surface area (Å²) in [4.78, 5) is 29.8. The summed E-state index contributed by atoms with van der Waals surface area (Å²) in [5.74, 6) is 0.222. The molecule has 12 nitrogen and oxygen atoms in total. The monoisotopic (exact) mass is 1250 g/mol. The fourth-order valence-electron chi connectivity index (χ4n) is 7.87. The van der Waals surface area contributed by atoms with Crippen LogP contribution in [0.25, 0.3) is 56.5 Å². The topological polar surface area (TPSA) is 191 Å². The van der Waals surface area contributed by atoms with E-state index in [-0.39, 0.29) is 17.1 Å². The Hall–Kier alpha value is -8.94. The average Bonchev–Trinajstić information content (AvgIpc) is 3.39. The van der Waals surface area contributed by atoms with Crippen molar-refractivity contribution in [3.05, 3.63) is 224 Å². The average molecular weight is 1250 g/mol. The predicted octanol–water partition coefficient (Wildman–Crippen LogP) is 17.5. The van der Waals surface area contributed by atoms with Crippen molar-refractivity contribution < 1.29 is 51.9 Å². The molecular weight excluding hydrogens is 1190 g/mol. The number of halogens is 8. The molecule has 0 aliphatic carbocycles. The molecule has 5 N–H and O–H groups in total. The van der Waals surface area contributed by atoms with Crippen molar-refractivity contribution in [1.29, 1.82) is 0 Å². The molecule has 5 aromatic carbocycles. The first-order valence-electron chi connectivity index (χ1n) is 26.2. The number of phenolic OH excluding ortho intramolecular Hbond substituents is 5. The van der Waals surface area contributed by atoms with Crippen molar-refractivity contribution in [2.75, 3.05) is 0 Å². The standard InChI is InChI=1S/C14H12F3NO.C13H12BrNO.C13H12ClNO.C13H14N2O.C12H9F3N2O/c1-2-10-4-3-5-12(18-10)9-6-7-13(19)11(8-9)14(15,16)17;2*1-8-7-10(4-6-12(8)16)13-11(14)5-3-9(2)15-13;1-3-11-6-7-14-13(15-11)10-4-5-12(16)9(2)8-10;1-7-4-5-16-11(17-7)8-2-3-10(18)9(6-8)12(13,14)15/h3-8,19H,2H2,1H3;2*3-7,16H,1-2H3;4-8,16H,3H2,1-2H3;2-6,18H,1H3. The number of aryl methyl sites for hydroxylation is 8. The Kier molecular flexibility index (Phi) is 22.3. The minimum atomic E-state index is -4.61. The minimum Gasteiger partial charge on any atom is -0.508 e. The highest BCUT2D eigenvalue weighted by Gasteiger charge is 2.35. The Labute approximate surface area is 501 Å². The van der Waals surface area contributed by atoms with Crippen molar-refractivity contribution in [1.82, 2.24) is 34.9 Å². The third-order valence-corrected chi connectivity index (χ3v) is 13.5. The molecule has 0 fully saturated rings. The largest absolute Gasteiger partial charge is 0.508 e. The summed E-state index contributed by atoms with van der Waals surface area (Å²) in [6, 6.07) is 39.2. The van der Waals surface area contributed by atoms with Gasteiger partial charge in [0.2, 0.25) is 0 Å². The van der Waals surface area contributed by atoms with E-state index in [1.165, 1.54) is 18.3 Å². The molecule has 20 heteroatoms. The molecule has 0 aliphatic rings. The zero-order chi connectivity index (χ0) is 62.3. The molecule has 10 rings (SSSR count). The van der Waals surface area contributed by atoms with Crippen LogP contribution in [0.1, 0.15) is 70.1 Å². The molecule has 440 valence electrons. The first-order chi connectivity index (χ1) is 40.1. The Bertz CT molecular complexity index is 3850. The second kappa shape index (κ2) is 29.0. The summed E-state index contributed by atoms with van der Waals surface area (Å²) in [6.45, 7) is 15.2. The minimum absolute atomic E-state index is 0.195. The van der Waals surface area contributed by atoms with Gasteiger partial charge in [0.1, 0.15) is 28.7 Å². The highest BCUT2D eigenvalue weighted by atomic mass is 79.9. The quantitative estimate of drug-likeness (QED) is 0.0951. The Balaban J connectivity index is 0.000000170. The van der Waals surface area contributed by atoms with Crippen LogP contribution in [0.15, 0.2) is 162 Å².